The van der Waals surface area contributed by atoms with Crippen LogP contribution in [0.5, 0.6) is 0 Å². The summed E-state index contributed by atoms with van der Waals surface area (Å²) in [5.41, 5.74) is 4.97. The highest BCUT2D eigenvalue weighted by atomic mass is 15.3. The second-order valence-corrected chi connectivity index (χ2v) is 4.06. The monoisotopic (exact) mass is 242 g/mol. The maximum Gasteiger partial charge on any atom is 0.142 e. The van der Waals surface area contributed by atoms with E-state index in [1.165, 1.54) is 11.3 Å². The second kappa shape index (κ2) is 5.51. The van der Waals surface area contributed by atoms with Crippen molar-refractivity contribution < 1.29 is 0 Å². The lowest BCUT2D eigenvalue weighted by Gasteiger charge is -2.24. The quantitative estimate of drug-likeness (QED) is 0.639. The summed E-state index contributed by atoms with van der Waals surface area (Å²) in [6.45, 7) is 5.06. The number of pyridine rings is 1. The first-order valence-electron chi connectivity index (χ1n) is 6.03. The molecule has 0 saturated heterocycles. The highest BCUT2D eigenvalue weighted by Gasteiger charge is 2.10. The van der Waals surface area contributed by atoms with Gasteiger partial charge in [0.1, 0.15) is 11.6 Å². The third kappa shape index (κ3) is 2.43. The first-order chi connectivity index (χ1) is 8.76. The fraction of sp³-hybridized carbons (Fsp3) is 0.214. The molecule has 0 unspecified atom stereocenters. The van der Waals surface area contributed by atoms with Gasteiger partial charge in [-0.2, -0.15) is 0 Å². The molecule has 0 spiro atoms. The van der Waals surface area contributed by atoms with E-state index in [1.807, 2.05) is 30.3 Å². The van der Waals surface area contributed by atoms with Gasteiger partial charge in [0.2, 0.25) is 0 Å². The minimum absolute atomic E-state index is 0.666. The summed E-state index contributed by atoms with van der Waals surface area (Å²) in [6, 6.07) is 14.0. The fourth-order valence-electron chi connectivity index (χ4n) is 1.98. The first kappa shape index (κ1) is 12.4. The van der Waals surface area contributed by atoms with Gasteiger partial charge in [0.05, 0.1) is 0 Å². The van der Waals surface area contributed by atoms with E-state index >= 15 is 0 Å². The summed E-state index contributed by atoms with van der Waals surface area (Å²) in [7, 11) is 0. The molecule has 1 aromatic heterocycles. The topological polar surface area (TPSA) is 54.2 Å². The minimum Gasteiger partial charge on any atom is -0.326 e. The molecule has 0 radical (unpaired) electrons. The van der Waals surface area contributed by atoms with Crippen molar-refractivity contribution in [1.82, 2.24) is 4.98 Å². The fourth-order valence-corrected chi connectivity index (χ4v) is 1.98. The van der Waals surface area contributed by atoms with E-state index in [2.05, 4.69) is 41.3 Å². The number of hydrogen-bond acceptors (Lipinski definition) is 4. The van der Waals surface area contributed by atoms with E-state index in [-0.39, 0.29) is 0 Å². The molecule has 0 aliphatic heterocycles. The number of benzene rings is 1. The Morgan fingerprint density at radius 2 is 1.94 bits per heavy atom. The molecule has 0 fully saturated rings. The molecule has 0 aliphatic carbocycles. The van der Waals surface area contributed by atoms with Gasteiger partial charge in [0, 0.05) is 12.2 Å². The molecule has 2 rings (SSSR count). The Morgan fingerprint density at radius 3 is 2.61 bits per heavy atom. The Labute approximate surface area is 107 Å². The number of hydrazine groups is 1. The highest BCUT2D eigenvalue weighted by Crippen LogP contribution is 2.26. The van der Waals surface area contributed by atoms with Crippen LogP contribution in [0.3, 0.4) is 0 Å². The van der Waals surface area contributed by atoms with Gasteiger partial charge in [-0.05, 0) is 37.6 Å². The third-order valence-electron chi connectivity index (χ3n) is 2.88. The van der Waals surface area contributed by atoms with Gasteiger partial charge in [-0.25, -0.2) is 10.8 Å². The molecule has 1 heterocycles. The maximum atomic E-state index is 5.40. The Morgan fingerprint density at radius 1 is 1.17 bits per heavy atom. The zero-order chi connectivity index (χ0) is 13.0. The SMILES string of the molecule is CCN(c1cccc(NN)n1)c1ccccc1C. The zero-order valence-electron chi connectivity index (χ0n) is 10.7. The summed E-state index contributed by atoms with van der Waals surface area (Å²) < 4.78 is 0. The Balaban J connectivity index is 2.42. The average molecular weight is 242 g/mol. The number of rotatable bonds is 4. The van der Waals surface area contributed by atoms with Crippen molar-refractivity contribution >= 4 is 17.3 Å². The molecule has 1 aromatic carbocycles. The number of nitrogens with two attached hydrogens (primary N) is 1. The Bertz CT molecular complexity index is 525. The van der Waals surface area contributed by atoms with Gasteiger partial charge < -0.3 is 10.3 Å². The molecule has 4 nitrogen and oxygen atoms in total. The van der Waals surface area contributed by atoms with Crippen molar-refractivity contribution in [2.45, 2.75) is 13.8 Å². The van der Waals surface area contributed by atoms with Crippen LogP contribution >= 0.6 is 0 Å². The number of anilines is 3. The van der Waals surface area contributed by atoms with Gasteiger partial charge in [0.15, 0.2) is 0 Å². The molecule has 0 amide bonds. The van der Waals surface area contributed by atoms with Crippen LogP contribution in [0.25, 0.3) is 0 Å². The average Bonchev–Trinajstić information content (AvgIpc) is 2.42. The number of nitrogen functional groups attached to an aromatic ring is 1. The van der Waals surface area contributed by atoms with Crippen molar-refractivity contribution in [3.05, 3.63) is 48.0 Å². The Kier molecular flexibility index (Phi) is 3.79. The van der Waals surface area contributed by atoms with E-state index < -0.39 is 0 Å². The van der Waals surface area contributed by atoms with Crippen molar-refractivity contribution in [2.24, 2.45) is 5.84 Å². The molecule has 4 heteroatoms. The number of aryl methyl sites for hydroxylation is 1. The van der Waals surface area contributed by atoms with Gasteiger partial charge in [0.25, 0.3) is 0 Å². The molecular formula is C14H18N4. The standard InChI is InChI=1S/C14H18N4/c1-3-18(12-8-5-4-7-11(12)2)14-10-6-9-13(16-14)17-15/h4-10H,3,15H2,1-2H3,(H,16,17). The Hall–Kier alpha value is -2.07. The van der Waals surface area contributed by atoms with Gasteiger partial charge in [-0.3, -0.25) is 0 Å². The molecular weight excluding hydrogens is 224 g/mol. The number of nitrogens with zero attached hydrogens (tertiary/aromatic N) is 2. The molecule has 0 aliphatic rings. The number of para-hydroxylation sites is 1. The van der Waals surface area contributed by atoms with Crippen LogP contribution in [0.1, 0.15) is 12.5 Å². The summed E-state index contributed by atoms with van der Waals surface area (Å²) in [5, 5.41) is 0. The van der Waals surface area contributed by atoms with E-state index in [1.54, 1.807) is 0 Å². The van der Waals surface area contributed by atoms with Crippen molar-refractivity contribution in [3.63, 3.8) is 0 Å². The summed E-state index contributed by atoms with van der Waals surface area (Å²) in [4.78, 5) is 6.63. The number of nitrogens with one attached hydrogen (secondary N) is 1. The third-order valence-corrected chi connectivity index (χ3v) is 2.88. The maximum absolute atomic E-state index is 5.40. The van der Waals surface area contributed by atoms with Crippen LogP contribution in [-0.4, -0.2) is 11.5 Å². The van der Waals surface area contributed by atoms with Gasteiger partial charge in [-0.15, -0.1) is 0 Å². The summed E-state index contributed by atoms with van der Waals surface area (Å²) in [5.74, 6) is 6.96. The van der Waals surface area contributed by atoms with E-state index in [4.69, 9.17) is 5.84 Å². The van der Waals surface area contributed by atoms with Gasteiger partial charge >= 0.3 is 0 Å². The molecule has 18 heavy (non-hydrogen) atoms. The number of aromatic nitrogens is 1. The van der Waals surface area contributed by atoms with Crippen molar-refractivity contribution in [1.29, 1.82) is 0 Å². The molecule has 0 saturated carbocycles. The molecule has 3 N–H and O–H groups in total. The van der Waals surface area contributed by atoms with Crippen LogP contribution < -0.4 is 16.2 Å². The van der Waals surface area contributed by atoms with Gasteiger partial charge in [-0.1, -0.05) is 24.3 Å². The molecule has 2 aromatic rings. The highest BCUT2D eigenvalue weighted by molar-refractivity contribution is 5.64. The van der Waals surface area contributed by atoms with Crippen molar-refractivity contribution in [2.75, 3.05) is 16.9 Å². The summed E-state index contributed by atoms with van der Waals surface area (Å²) in [6.07, 6.45) is 0. The second-order valence-electron chi connectivity index (χ2n) is 4.06. The van der Waals surface area contributed by atoms with Crippen molar-refractivity contribution in [3.8, 4) is 0 Å². The normalized spacial score (nSPS) is 10.2. The van der Waals surface area contributed by atoms with E-state index in [0.717, 1.165) is 12.4 Å². The molecule has 0 atom stereocenters. The number of hydrogen-bond donors (Lipinski definition) is 2. The zero-order valence-corrected chi connectivity index (χ0v) is 10.7. The lowest BCUT2D eigenvalue weighted by atomic mass is 10.2. The van der Waals surface area contributed by atoms with Crippen LogP contribution in [0.2, 0.25) is 0 Å². The first-order valence-corrected chi connectivity index (χ1v) is 6.03. The van der Waals surface area contributed by atoms with Crippen LogP contribution in [0.15, 0.2) is 42.5 Å². The predicted octanol–water partition coefficient (Wildman–Crippen LogP) is 2.83. The smallest absolute Gasteiger partial charge is 0.142 e. The van der Waals surface area contributed by atoms with Crippen LogP contribution in [0.4, 0.5) is 17.3 Å². The van der Waals surface area contributed by atoms with E-state index in [9.17, 15) is 0 Å². The van der Waals surface area contributed by atoms with E-state index in [0.29, 0.717) is 5.82 Å². The van der Waals surface area contributed by atoms with Crippen LogP contribution in [-0.2, 0) is 0 Å². The molecule has 0 bridgehead atoms. The lowest BCUT2D eigenvalue weighted by molar-refractivity contribution is 0.982. The summed E-state index contributed by atoms with van der Waals surface area (Å²) >= 11 is 0. The predicted molar refractivity (Wildman–Crippen MR) is 75.9 cm³/mol. The lowest BCUT2D eigenvalue weighted by Crippen LogP contribution is -2.19. The molecule has 94 valence electrons. The largest absolute Gasteiger partial charge is 0.326 e. The minimum atomic E-state index is 0.666. The van der Waals surface area contributed by atoms with Crippen LogP contribution in [0, 0.1) is 6.92 Å².